The fraction of sp³-hybridized carbons (Fsp3) is 0.818. The molecule has 3 atom stereocenters. The van der Waals surface area contributed by atoms with E-state index in [0.29, 0.717) is 17.9 Å². The van der Waals surface area contributed by atoms with Gasteiger partial charge in [-0.1, -0.05) is 20.8 Å². The number of carbonyl (C=O) groups excluding carboxylic acids is 1. The molecule has 16 heavy (non-hydrogen) atoms. The predicted molar refractivity (Wildman–Crippen MR) is 54.7 cm³/mol. The third-order valence-corrected chi connectivity index (χ3v) is 4.88. The van der Waals surface area contributed by atoms with E-state index in [1.807, 2.05) is 20.8 Å². The van der Waals surface area contributed by atoms with E-state index in [1.165, 1.54) is 0 Å². The first kappa shape index (κ1) is 11.4. The van der Waals surface area contributed by atoms with Crippen molar-refractivity contribution in [2.75, 3.05) is 0 Å². The van der Waals surface area contributed by atoms with Gasteiger partial charge < -0.3 is 5.11 Å². The number of hydroxylamine groups is 2. The minimum Gasteiger partial charge on any atom is -0.480 e. The van der Waals surface area contributed by atoms with Crippen LogP contribution in [0.3, 0.4) is 0 Å². The van der Waals surface area contributed by atoms with Crippen molar-refractivity contribution >= 4 is 11.9 Å². The number of fused-ring (bicyclic) bond motifs is 2. The number of carboxylic acid groups (broad SMARTS) is 1. The standard InChI is InChI=1S/C11H17NO4/c1-10(2)6-4-5-11(10,3)9(15)12(16)7(6)8(13)14/h6-7,16H,4-5H2,1-3H3,(H,13,14)/t6-,7-,11+/m0/s1. The number of amides is 1. The molecule has 2 rings (SSSR count). The summed E-state index contributed by atoms with van der Waals surface area (Å²) in [6, 6.07) is -1.10. The van der Waals surface area contributed by atoms with Crippen LogP contribution in [-0.2, 0) is 9.59 Å². The number of hydrogen-bond donors (Lipinski definition) is 2. The van der Waals surface area contributed by atoms with Gasteiger partial charge >= 0.3 is 5.97 Å². The van der Waals surface area contributed by atoms with Crippen molar-refractivity contribution in [1.82, 2.24) is 5.06 Å². The second-order valence-electron chi connectivity index (χ2n) is 5.63. The predicted octanol–water partition coefficient (Wildman–Crippen LogP) is 1.11. The maximum atomic E-state index is 12.0. The number of aliphatic carboxylic acids is 1. The van der Waals surface area contributed by atoms with Crippen molar-refractivity contribution in [3.63, 3.8) is 0 Å². The lowest BCUT2D eigenvalue weighted by Crippen LogP contribution is -2.62. The number of carbonyl (C=O) groups is 2. The molecule has 0 aromatic rings. The summed E-state index contributed by atoms with van der Waals surface area (Å²) < 4.78 is 0. The Morgan fingerprint density at radius 1 is 1.44 bits per heavy atom. The maximum Gasteiger partial charge on any atom is 0.329 e. The molecular formula is C11H17NO4. The molecule has 2 N–H and O–H groups in total. The van der Waals surface area contributed by atoms with Gasteiger partial charge in [0.1, 0.15) is 0 Å². The molecule has 0 unspecified atom stereocenters. The maximum absolute atomic E-state index is 12.0. The lowest BCUT2D eigenvalue weighted by Gasteiger charge is -2.49. The highest BCUT2D eigenvalue weighted by Gasteiger charge is 2.65. The van der Waals surface area contributed by atoms with E-state index in [4.69, 9.17) is 5.11 Å². The summed E-state index contributed by atoms with van der Waals surface area (Å²) >= 11 is 0. The van der Waals surface area contributed by atoms with Crippen LogP contribution in [-0.4, -0.2) is 33.3 Å². The van der Waals surface area contributed by atoms with Gasteiger partial charge in [0.05, 0.1) is 5.41 Å². The van der Waals surface area contributed by atoms with Crippen molar-refractivity contribution in [1.29, 1.82) is 0 Å². The molecule has 5 nitrogen and oxygen atoms in total. The second-order valence-corrected chi connectivity index (χ2v) is 5.63. The highest BCUT2D eigenvalue weighted by molar-refractivity contribution is 5.89. The zero-order valence-corrected chi connectivity index (χ0v) is 9.73. The largest absolute Gasteiger partial charge is 0.480 e. The fourth-order valence-electron chi connectivity index (χ4n) is 3.30. The van der Waals surface area contributed by atoms with E-state index in [9.17, 15) is 14.8 Å². The number of piperidine rings is 1. The first-order valence-corrected chi connectivity index (χ1v) is 5.49. The van der Waals surface area contributed by atoms with E-state index in [2.05, 4.69) is 0 Å². The molecule has 0 spiro atoms. The summed E-state index contributed by atoms with van der Waals surface area (Å²) in [4.78, 5) is 23.2. The molecule has 2 bridgehead atoms. The summed E-state index contributed by atoms with van der Waals surface area (Å²) in [6.07, 6.45) is 1.31. The molecule has 5 heteroatoms. The summed E-state index contributed by atoms with van der Waals surface area (Å²) in [6.45, 7) is 5.66. The first-order chi connectivity index (χ1) is 7.23. The average molecular weight is 227 g/mol. The molecule has 2 fully saturated rings. The average Bonchev–Trinajstić information content (AvgIpc) is 2.33. The Balaban J connectivity index is 2.52. The van der Waals surface area contributed by atoms with Gasteiger partial charge in [-0.3, -0.25) is 10.0 Å². The molecule has 2 aliphatic rings. The van der Waals surface area contributed by atoms with Crippen molar-refractivity contribution in [3.8, 4) is 0 Å². The van der Waals surface area contributed by atoms with E-state index >= 15 is 0 Å². The van der Waals surface area contributed by atoms with E-state index in [0.717, 1.165) is 0 Å². The molecule has 1 aliphatic carbocycles. The van der Waals surface area contributed by atoms with Crippen LogP contribution in [0.15, 0.2) is 0 Å². The van der Waals surface area contributed by atoms with Crippen molar-refractivity contribution in [3.05, 3.63) is 0 Å². The minimum atomic E-state index is -1.13. The van der Waals surface area contributed by atoms with Crippen LogP contribution in [0, 0.1) is 16.7 Å². The van der Waals surface area contributed by atoms with Crippen LogP contribution >= 0.6 is 0 Å². The van der Waals surface area contributed by atoms with Gasteiger partial charge in [0, 0.05) is 0 Å². The second kappa shape index (κ2) is 2.97. The molecular weight excluding hydrogens is 210 g/mol. The Morgan fingerprint density at radius 2 is 2.00 bits per heavy atom. The summed E-state index contributed by atoms with van der Waals surface area (Å²) in [5, 5.41) is 19.2. The summed E-state index contributed by atoms with van der Waals surface area (Å²) in [5.74, 6) is -1.77. The van der Waals surface area contributed by atoms with Gasteiger partial charge in [-0.2, -0.15) is 0 Å². The zero-order chi connectivity index (χ0) is 12.3. The number of hydrogen-bond acceptors (Lipinski definition) is 3. The van der Waals surface area contributed by atoms with Crippen LogP contribution in [0.1, 0.15) is 33.6 Å². The van der Waals surface area contributed by atoms with Crippen LogP contribution < -0.4 is 0 Å². The first-order valence-electron chi connectivity index (χ1n) is 5.49. The third kappa shape index (κ3) is 1.04. The molecule has 90 valence electrons. The third-order valence-electron chi connectivity index (χ3n) is 4.88. The minimum absolute atomic E-state index is 0.183. The molecule has 1 saturated heterocycles. The van der Waals surface area contributed by atoms with Crippen LogP contribution in [0.25, 0.3) is 0 Å². The number of carboxylic acids is 1. The highest BCUT2D eigenvalue weighted by Crippen LogP contribution is 2.61. The molecule has 0 aromatic carbocycles. The zero-order valence-electron chi connectivity index (χ0n) is 9.73. The van der Waals surface area contributed by atoms with E-state index in [-0.39, 0.29) is 11.3 Å². The van der Waals surface area contributed by atoms with Gasteiger partial charge in [0.25, 0.3) is 5.91 Å². The monoisotopic (exact) mass is 227 g/mol. The smallest absolute Gasteiger partial charge is 0.329 e. The lowest BCUT2D eigenvalue weighted by atomic mass is 9.61. The van der Waals surface area contributed by atoms with E-state index in [1.54, 1.807) is 0 Å². The molecule has 0 aromatic heterocycles. The van der Waals surface area contributed by atoms with Crippen LogP contribution in [0.5, 0.6) is 0 Å². The highest BCUT2D eigenvalue weighted by atomic mass is 16.5. The van der Waals surface area contributed by atoms with E-state index < -0.39 is 23.3 Å². The van der Waals surface area contributed by atoms with Gasteiger partial charge in [0.2, 0.25) is 0 Å². The summed E-state index contributed by atoms with van der Waals surface area (Å²) in [7, 11) is 0. The molecule has 1 saturated carbocycles. The molecule has 1 heterocycles. The topological polar surface area (TPSA) is 77.8 Å². The normalized spacial score (nSPS) is 41.2. The molecule has 1 amide bonds. The Morgan fingerprint density at radius 3 is 2.50 bits per heavy atom. The lowest BCUT2D eigenvalue weighted by molar-refractivity contribution is -0.220. The quantitative estimate of drug-likeness (QED) is 0.658. The van der Waals surface area contributed by atoms with Gasteiger partial charge in [0.15, 0.2) is 6.04 Å². The Bertz CT molecular complexity index is 365. The van der Waals surface area contributed by atoms with Crippen LogP contribution in [0.4, 0.5) is 0 Å². The van der Waals surface area contributed by atoms with Crippen molar-refractivity contribution < 1.29 is 19.9 Å². The molecule has 1 aliphatic heterocycles. The van der Waals surface area contributed by atoms with Crippen LogP contribution in [0.2, 0.25) is 0 Å². The Hall–Kier alpha value is -1.10. The van der Waals surface area contributed by atoms with Gasteiger partial charge in [-0.05, 0) is 24.2 Å². The van der Waals surface area contributed by atoms with Crippen molar-refractivity contribution in [2.24, 2.45) is 16.7 Å². The van der Waals surface area contributed by atoms with Gasteiger partial charge in [-0.25, -0.2) is 9.86 Å². The van der Waals surface area contributed by atoms with Gasteiger partial charge in [-0.15, -0.1) is 0 Å². The molecule has 0 radical (unpaired) electrons. The number of rotatable bonds is 1. The summed E-state index contributed by atoms with van der Waals surface area (Å²) in [5.41, 5.74) is -1.02. The SMILES string of the molecule is CC1(C)[C@H]2CC[C@]1(C)C(=O)N(O)[C@@H]2C(=O)O. The Labute approximate surface area is 94.0 Å². The fourth-order valence-corrected chi connectivity index (χ4v) is 3.30. The number of nitrogens with zero attached hydrogens (tertiary/aromatic N) is 1. The Kier molecular flexibility index (Phi) is 2.11. The van der Waals surface area contributed by atoms with Crippen molar-refractivity contribution in [2.45, 2.75) is 39.7 Å².